The van der Waals surface area contributed by atoms with Crippen LogP contribution in [0.15, 0.2) is 42.7 Å². The quantitative estimate of drug-likeness (QED) is 0.881. The van der Waals surface area contributed by atoms with E-state index in [2.05, 4.69) is 10.3 Å². The average molecular weight is 353 g/mol. The largest absolute Gasteiger partial charge is 0.454 e. The molecule has 4 rings (SSSR count). The maximum atomic E-state index is 12.4. The lowest BCUT2D eigenvalue weighted by molar-refractivity contribution is -0.129. The van der Waals surface area contributed by atoms with E-state index in [1.807, 2.05) is 30.3 Å². The highest BCUT2D eigenvalue weighted by molar-refractivity contribution is 5.89. The molecule has 3 heterocycles. The van der Waals surface area contributed by atoms with Gasteiger partial charge in [-0.15, -0.1) is 0 Å². The van der Waals surface area contributed by atoms with Crippen molar-refractivity contribution in [2.24, 2.45) is 5.92 Å². The van der Waals surface area contributed by atoms with E-state index in [1.165, 1.54) is 0 Å². The average Bonchev–Trinajstić information content (AvgIpc) is 3.27. The minimum Gasteiger partial charge on any atom is -0.454 e. The Bertz CT molecular complexity index is 825. The van der Waals surface area contributed by atoms with Gasteiger partial charge in [0.1, 0.15) is 0 Å². The number of carbonyl (C=O) groups excluding carboxylic acids is 2. The van der Waals surface area contributed by atoms with Gasteiger partial charge in [-0.1, -0.05) is 6.07 Å². The minimum absolute atomic E-state index is 0.00467. The fraction of sp³-hybridized carbons (Fsp3) is 0.316. The summed E-state index contributed by atoms with van der Waals surface area (Å²) in [4.78, 5) is 30.3. The van der Waals surface area contributed by atoms with Gasteiger partial charge in [-0.3, -0.25) is 14.6 Å². The van der Waals surface area contributed by atoms with Crippen LogP contribution in [0.4, 0.5) is 0 Å². The number of aromatic nitrogens is 1. The van der Waals surface area contributed by atoms with Crippen molar-refractivity contribution in [3.05, 3.63) is 53.9 Å². The highest BCUT2D eigenvalue weighted by atomic mass is 16.7. The van der Waals surface area contributed by atoms with E-state index in [1.54, 1.807) is 17.3 Å². The Hall–Kier alpha value is -3.09. The molecule has 2 aliphatic rings. The van der Waals surface area contributed by atoms with E-state index >= 15 is 0 Å². The van der Waals surface area contributed by atoms with Crippen LogP contribution in [0.2, 0.25) is 0 Å². The van der Waals surface area contributed by atoms with E-state index < -0.39 is 0 Å². The molecule has 0 bridgehead atoms. The van der Waals surface area contributed by atoms with Crippen molar-refractivity contribution in [3.63, 3.8) is 0 Å². The second-order valence-electron chi connectivity index (χ2n) is 6.44. The first-order chi connectivity index (χ1) is 12.7. The summed E-state index contributed by atoms with van der Waals surface area (Å²) in [6, 6.07) is 9.33. The summed E-state index contributed by atoms with van der Waals surface area (Å²) < 4.78 is 10.6. The number of carbonyl (C=O) groups is 2. The Morgan fingerprint density at radius 3 is 2.81 bits per heavy atom. The van der Waals surface area contributed by atoms with Crippen molar-refractivity contribution in [1.29, 1.82) is 0 Å². The Morgan fingerprint density at radius 2 is 1.96 bits per heavy atom. The van der Waals surface area contributed by atoms with Crippen molar-refractivity contribution in [1.82, 2.24) is 15.2 Å². The maximum Gasteiger partial charge on any atom is 0.231 e. The zero-order valence-corrected chi connectivity index (χ0v) is 14.2. The third-order valence-corrected chi connectivity index (χ3v) is 4.61. The third kappa shape index (κ3) is 3.46. The first-order valence-electron chi connectivity index (χ1n) is 8.52. The maximum absolute atomic E-state index is 12.4. The second-order valence-corrected chi connectivity index (χ2v) is 6.44. The summed E-state index contributed by atoms with van der Waals surface area (Å²) >= 11 is 0. The number of benzene rings is 1. The van der Waals surface area contributed by atoms with Gasteiger partial charge in [-0.05, 0) is 35.4 Å². The molecular weight excluding hydrogens is 334 g/mol. The van der Waals surface area contributed by atoms with E-state index in [9.17, 15) is 9.59 Å². The van der Waals surface area contributed by atoms with Crippen LogP contribution in [0, 0.1) is 5.92 Å². The lowest BCUT2D eigenvalue weighted by Crippen LogP contribution is -2.32. The third-order valence-electron chi connectivity index (χ3n) is 4.61. The van der Waals surface area contributed by atoms with Gasteiger partial charge in [-0.25, -0.2) is 0 Å². The molecule has 7 nitrogen and oxygen atoms in total. The molecule has 0 aliphatic carbocycles. The molecule has 1 N–H and O–H groups in total. The van der Waals surface area contributed by atoms with Crippen molar-refractivity contribution < 1.29 is 19.1 Å². The van der Waals surface area contributed by atoms with Crippen molar-refractivity contribution in [2.45, 2.75) is 19.5 Å². The first kappa shape index (κ1) is 16.4. The van der Waals surface area contributed by atoms with Gasteiger partial charge in [0.2, 0.25) is 18.6 Å². The van der Waals surface area contributed by atoms with E-state index in [0.717, 1.165) is 11.1 Å². The summed E-state index contributed by atoms with van der Waals surface area (Å²) in [6.07, 6.45) is 3.65. The number of nitrogens with one attached hydrogen (secondary N) is 1. The smallest absolute Gasteiger partial charge is 0.231 e. The topological polar surface area (TPSA) is 80.8 Å². The van der Waals surface area contributed by atoms with Gasteiger partial charge >= 0.3 is 0 Å². The summed E-state index contributed by atoms with van der Waals surface area (Å²) in [5.41, 5.74) is 1.94. The number of ether oxygens (including phenoxy) is 2. The monoisotopic (exact) mass is 353 g/mol. The van der Waals surface area contributed by atoms with Crippen molar-refractivity contribution in [3.8, 4) is 11.5 Å². The zero-order valence-electron chi connectivity index (χ0n) is 14.2. The molecule has 1 saturated heterocycles. The van der Waals surface area contributed by atoms with Crippen LogP contribution in [0.25, 0.3) is 0 Å². The molecule has 2 amide bonds. The van der Waals surface area contributed by atoms with Gasteiger partial charge in [0.05, 0.1) is 5.92 Å². The van der Waals surface area contributed by atoms with Crippen LogP contribution in [-0.4, -0.2) is 35.0 Å². The van der Waals surface area contributed by atoms with E-state index in [0.29, 0.717) is 31.1 Å². The number of rotatable bonds is 5. The van der Waals surface area contributed by atoms with E-state index in [-0.39, 0.29) is 30.9 Å². The number of amides is 2. The highest BCUT2D eigenvalue weighted by Gasteiger charge is 2.34. The highest BCUT2D eigenvalue weighted by Crippen LogP contribution is 2.32. The van der Waals surface area contributed by atoms with Crippen molar-refractivity contribution >= 4 is 11.8 Å². The summed E-state index contributed by atoms with van der Waals surface area (Å²) in [5, 5.41) is 2.91. The molecule has 0 saturated carbocycles. The molecule has 0 radical (unpaired) electrons. The summed E-state index contributed by atoms with van der Waals surface area (Å²) in [7, 11) is 0. The summed E-state index contributed by atoms with van der Waals surface area (Å²) in [6.45, 7) is 1.56. The SMILES string of the molecule is O=C(NCc1ccc2c(c1)OCO2)C1CC(=O)N(Cc2ccncc2)C1. The number of likely N-dealkylation sites (tertiary alicyclic amines) is 1. The van der Waals surface area contributed by atoms with Gasteiger partial charge in [-0.2, -0.15) is 0 Å². The van der Waals surface area contributed by atoms with Crippen molar-refractivity contribution in [2.75, 3.05) is 13.3 Å². The number of hydrogen-bond donors (Lipinski definition) is 1. The molecular formula is C19H19N3O4. The molecule has 134 valence electrons. The van der Waals surface area contributed by atoms with Crippen LogP contribution in [0.5, 0.6) is 11.5 Å². The minimum atomic E-state index is -0.321. The standard InChI is InChI=1S/C19H19N3O4/c23-18-8-15(11-22(18)10-13-3-5-20-6-4-13)19(24)21-9-14-1-2-16-17(7-14)26-12-25-16/h1-7,15H,8-12H2,(H,21,24). The van der Waals surface area contributed by atoms with E-state index in [4.69, 9.17) is 9.47 Å². The summed E-state index contributed by atoms with van der Waals surface area (Å²) in [5.74, 6) is 0.987. The molecule has 26 heavy (non-hydrogen) atoms. The normalized spacial score (nSPS) is 18.2. The Morgan fingerprint density at radius 1 is 1.15 bits per heavy atom. The Kier molecular flexibility index (Phi) is 4.43. The molecule has 2 aromatic rings. The number of fused-ring (bicyclic) bond motifs is 1. The lowest BCUT2D eigenvalue weighted by Gasteiger charge is -2.16. The van der Waals surface area contributed by atoms with Crippen LogP contribution in [0.3, 0.4) is 0 Å². The predicted octanol–water partition coefficient (Wildman–Crippen LogP) is 1.48. The molecule has 1 fully saturated rings. The molecule has 0 spiro atoms. The number of pyridine rings is 1. The Labute approximate surface area is 150 Å². The number of nitrogens with zero attached hydrogens (tertiary/aromatic N) is 2. The predicted molar refractivity (Wildman–Crippen MR) is 92.2 cm³/mol. The van der Waals surface area contributed by atoms with Gasteiger partial charge in [0.15, 0.2) is 11.5 Å². The van der Waals surface area contributed by atoms with Gasteiger partial charge < -0.3 is 19.7 Å². The lowest BCUT2D eigenvalue weighted by atomic mass is 10.1. The zero-order chi connectivity index (χ0) is 17.9. The second kappa shape index (κ2) is 7.03. The van der Waals surface area contributed by atoms with Gasteiger partial charge in [0, 0.05) is 38.4 Å². The molecule has 1 unspecified atom stereocenters. The molecule has 1 aromatic carbocycles. The molecule has 7 heteroatoms. The molecule has 1 aromatic heterocycles. The van der Waals surface area contributed by atoms with Crippen LogP contribution in [0.1, 0.15) is 17.5 Å². The molecule has 1 atom stereocenters. The first-order valence-corrected chi connectivity index (χ1v) is 8.52. The molecule has 2 aliphatic heterocycles. The van der Waals surface area contributed by atoms with Crippen LogP contribution < -0.4 is 14.8 Å². The Balaban J connectivity index is 1.32. The fourth-order valence-electron chi connectivity index (χ4n) is 3.19. The fourth-order valence-corrected chi connectivity index (χ4v) is 3.19. The van der Waals surface area contributed by atoms with Crippen LogP contribution in [-0.2, 0) is 22.7 Å². The van der Waals surface area contributed by atoms with Crippen LogP contribution >= 0.6 is 0 Å². The van der Waals surface area contributed by atoms with Gasteiger partial charge in [0.25, 0.3) is 0 Å². The number of hydrogen-bond acceptors (Lipinski definition) is 5.